The van der Waals surface area contributed by atoms with Gasteiger partial charge in [-0.3, -0.25) is 0 Å². The summed E-state index contributed by atoms with van der Waals surface area (Å²) in [4.78, 5) is 4.92. The number of anilines is 6. The molecule has 11 aromatic carbocycles. The van der Waals surface area contributed by atoms with Crippen LogP contribution < -0.4 is 9.80 Å². The molecule has 0 saturated heterocycles. The monoisotopic (exact) mass is 826 g/mol. The first-order valence-corrected chi connectivity index (χ1v) is 22.5. The maximum Gasteiger partial charge on any atom is 0.0727 e. The van der Waals surface area contributed by atoms with E-state index >= 15 is 0 Å². The molecule has 0 aliphatic heterocycles. The molecule has 2 aliphatic carbocycles. The number of nitrogens with zero attached hydrogens (tertiary/aromatic N) is 2. The van der Waals surface area contributed by atoms with Crippen LogP contribution in [0.2, 0.25) is 0 Å². The normalized spacial score (nSPS) is 14.2. The Kier molecular flexibility index (Phi) is 8.47. The first-order valence-electron chi connectivity index (χ1n) is 22.5. The zero-order valence-electron chi connectivity index (χ0n) is 35.6. The maximum absolute atomic E-state index is 2.50. The Hall–Kier alpha value is -8.46. The molecule has 1 atom stereocenters. The van der Waals surface area contributed by atoms with Crippen molar-refractivity contribution in [2.45, 2.75) is 5.41 Å². The van der Waals surface area contributed by atoms with Crippen molar-refractivity contribution in [2.24, 2.45) is 0 Å². The fraction of sp³-hybridized carbons (Fsp3) is 0.0159. The van der Waals surface area contributed by atoms with Crippen LogP contribution in [0.25, 0.3) is 54.9 Å². The Bertz CT molecular complexity index is 3600. The molecule has 2 heteroatoms. The second-order valence-corrected chi connectivity index (χ2v) is 17.2. The van der Waals surface area contributed by atoms with Gasteiger partial charge in [-0.15, -0.1) is 0 Å². The van der Waals surface area contributed by atoms with E-state index in [2.05, 4.69) is 265 Å². The smallest absolute Gasteiger partial charge is 0.0727 e. The lowest BCUT2D eigenvalue weighted by atomic mass is 9.70. The second-order valence-electron chi connectivity index (χ2n) is 17.2. The predicted molar refractivity (Wildman–Crippen MR) is 273 cm³/mol. The lowest BCUT2D eigenvalue weighted by molar-refractivity contribution is 0.793. The lowest BCUT2D eigenvalue weighted by Gasteiger charge is -2.34. The van der Waals surface area contributed by atoms with E-state index in [1.807, 2.05) is 0 Å². The lowest BCUT2D eigenvalue weighted by Crippen LogP contribution is -2.26. The first kappa shape index (κ1) is 37.1. The fourth-order valence-corrected chi connectivity index (χ4v) is 11.2. The van der Waals surface area contributed by atoms with Crippen LogP contribution in [0, 0.1) is 0 Å². The maximum atomic E-state index is 2.50. The average Bonchev–Trinajstić information content (AvgIpc) is 3.84. The second kappa shape index (κ2) is 14.8. The molecule has 1 spiro atoms. The number of rotatable bonds is 7. The van der Waals surface area contributed by atoms with E-state index in [9.17, 15) is 0 Å². The summed E-state index contributed by atoms with van der Waals surface area (Å²) in [5, 5.41) is 4.87. The highest BCUT2D eigenvalue weighted by atomic mass is 15.2. The molecule has 0 saturated carbocycles. The van der Waals surface area contributed by atoms with Crippen molar-refractivity contribution < 1.29 is 0 Å². The molecule has 0 aromatic heterocycles. The summed E-state index contributed by atoms with van der Waals surface area (Å²) in [5.74, 6) is 0. The van der Waals surface area contributed by atoms with Gasteiger partial charge in [0.05, 0.1) is 16.8 Å². The third-order valence-corrected chi connectivity index (χ3v) is 13.8. The highest BCUT2D eigenvalue weighted by Crippen LogP contribution is 2.64. The zero-order chi connectivity index (χ0) is 42.9. The Balaban J connectivity index is 1.09. The summed E-state index contributed by atoms with van der Waals surface area (Å²) in [6.07, 6.45) is 0. The van der Waals surface area contributed by atoms with Crippen LogP contribution in [0.5, 0.6) is 0 Å². The Labute approximate surface area is 379 Å². The molecule has 1 unspecified atom stereocenters. The quantitative estimate of drug-likeness (QED) is 0.158. The van der Waals surface area contributed by atoms with Gasteiger partial charge in [0.15, 0.2) is 0 Å². The van der Waals surface area contributed by atoms with E-state index in [4.69, 9.17) is 0 Å². The van der Waals surface area contributed by atoms with Crippen molar-refractivity contribution >= 4 is 55.7 Å². The van der Waals surface area contributed by atoms with Crippen molar-refractivity contribution in [3.8, 4) is 33.4 Å². The standard InChI is InChI=1S/C63H42N2/c1-4-21-45(22-5-1)62-51-29-13-11-20-44(51)35-40-61(62)65(47-26-8-3-9-27-47)49-37-39-55-53-31-15-17-33-57(53)63(59(55)42-49)56-32-16-14-30-52(56)54-38-36-48(41-58(54)63)64(46-24-6-2-7-25-46)60-34-18-23-43-19-10-12-28-50(43)60/h1-42H. The SMILES string of the molecule is c1ccc(-c2c(N(c3ccccc3)c3ccc4c(c3)C3(c5ccccc5-4)c4ccccc4-c4ccc(N(c5ccccc5)c5cccc6ccccc56)cc43)ccc3ccccc23)cc1. The van der Waals surface area contributed by atoms with Crippen LogP contribution in [0.15, 0.2) is 255 Å². The zero-order valence-corrected chi connectivity index (χ0v) is 35.6. The molecule has 2 nitrogen and oxygen atoms in total. The molecule has 0 radical (unpaired) electrons. The molecule has 13 rings (SSSR count). The van der Waals surface area contributed by atoms with Gasteiger partial charge in [-0.05, 0) is 127 Å². The number of fused-ring (bicyclic) bond motifs is 12. The highest BCUT2D eigenvalue weighted by Gasteiger charge is 2.52. The molecule has 11 aromatic rings. The van der Waals surface area contributed by atoms with E-state index in [0.717, 1.165) is 34.1 Å². The summed E-state index contributed by atoms with van der Waals surface area (Å²) >= 11 is 0. The van der Waals surface area contributed by atoms with Crippen LogP contribution in [-0.2, 0) is 5.41 Å². The summed E-state index contributed by atoms with van der Waals surface area (Å²) in [6.45, 7) is 0. The van der Waals surface area contributed by atoms with Gasteiger partial charge in [0.1, 0.15) is 0 Å². The van der Waals surface area contributed by atoms with Crippen molar-refractivity contribution in [2.75, 3.05) is 9.80 Å². The molecule has 0 fully saturated rings. The molecule has 0 heterocycles. The largest absolute Gasteiger partial charge is 0.310 e. The van der Waals surface area contributed by atoms with Crippen molar-refractivity contribution in [3.05, 3.63) is 277 Å². The number of benzene rings is 11. The summed E-state index contributed by atoms with van der Waals surface area (Å²) < 4.78 is 0. The van der Waals surface area contributed by atoms with E-state index < -0.39 is 5.41 Å². The summed E-state index contributed by atoms with van der Waals surface area (Å²) in [6, 6.07) is 94.0. The van der Waals surface area contributed by atoms with Gasteiger partial charge in [-0.1, -0.05) is 194 Å². The van der Waals surface area contributed by atoms with Gasteiger partial charge in [0.2, 0.25) is 0 Å². The molecule has 0 bridgehead atoms. The topological polar surface area (TPSA) is 6.48 Å². The van der Waals surface area contributed by atoms with Crippen LogP contribution in [0.3, 0.4) is 0 Å². The van der Waals surface area contributed by atoms with E-state index in [0.29, 0.717) is 0 Å². The fourth-order valence-electron chi connectivity index (χ4n) is 11.2. The summed E-state index contributed by atoms with van der Waals surface area (Å²) in [7, 11) is 0. The molecular formula is C63H42N2. The highest BCUT2D eigenvalue weighted by molar-refractivity contribution is 6.06. The number of para-hydroxylation sites is 2. The van der Waals surface area contributed by atoms with Crippen molar-refractivity contribution in [1.82, 2.24) is 0 Å². The third kappa shape index (κ3) is 5.60. The molecule has 0 amide bonds. The minimum Gasteiger partial charge on any atom is -0.310 e. The van der Waals surface area contributed by atoms with Gasteiger partial charge in [-0.2, -0.15) is 0 Å². The molecule has 65 heavy (non-hydrogen) atoms. The van der Waals surface area contributed by atoms with E-state index in [1.54, 1.807) is 0 Å². The van der Waals surface area contributed by atoms with Gasteiger partial charge in [-0.25, -0.2) is 0 Å². The van der Waals surface area contributed by atoms with Gasteiger partial charge in [0, 0.05) is 33.7 Å². The molecule has 2 aliphatic rings. The predicted octanol–water partition coefficient (Wildman–Crippen LogP) is 16.9. The minimum absolute atomic E-state index is 0.584. The van der Waals surface area contributed by atoms with E-state index in [-0.39, 0.29) is 0 Å². The average molecular weight is 827 g/mol. The minimum atomic E-state index is -0.584. The van der Waals surface area contributed by atoms with Crippen molar-refractivity contribution in [3.63, 3.8) is 0 Å². The summed E-state index contributed by atoms with van der Waals surface area (Å²) in [5.41, 5.74) is 18.8. The first-order chi connectivity index (χ1) is 32.3. The molecular weight excluding hydrogens is 785 g/mol. The van der Waals surface area contributed by atoms with Crippen LogP contribution in [0.4, 0.5) is 34.1 Å². The van der Waals surface area contributed by atoms with Crippen LogP contribution in [0.1, 0.15) is 22.3 Å². The van der Waals surface area contributed by atoms with Crippen molar-refractivity contribution in [1.29, 1.82) is 0 Å². The Morgan fingerprint density at radius 1 is 0.262 bits per heavy atom. The molecule has 304 valence electrons. The Morgan fingerprint density at radius 2 is 0.708 bits per heavy atom. The van der Waals surface area contributed by atoms with Crippen LogP contribution >= 0.6 is 0 Å². The van der Waals surface area contributed by atoms with E-state index in [1.165, 1.54) is 77.2 Å². The third-order valence-electron chi connectivity index (χ3n) is 13.8. The number of hydrogen-bond donors (Lipinski definition) is 0. The van der Waals surface area contributed by atoms with Crippen LogP contribution in [-0.4, -0.2) is 0 Å². The number of hydrogen-bond acceptors (Lipinski definition) is 2. The van der Waals surface area contributed by atoms with Gasteiger partial charge < -0.3 is 9.80 Å². The van der Waals surface area contributed by atoms with Gasteiger partial charge >= 0.3 is 0 Å². The van der Waals surface area contributed by atoms with Gasteiger partial charge in [0.25, 0.3) is 0 Å². The molecule has 0 N–H and O–H groups in total. The Morgan fingerprint density at radius 3 is 1.31 bits per heavy atom.